The van der Waals surface area contributed by atoms with Crippen molar-refractivity contribution >= 4 is 0 Å². The van der Waals surface area contributed by atoms with Crippen LogP contribution in [0.15, 0.2) is 0 Å². The average Bonchev–Trinajstić information content (AvgIpc) is 3.56. The van der Waals surface area contributed by atoms with Gasteiger partial charge in [-0.3, -0.25) is 16.0 Å². The van der Waals surface area contributed by atoms with E-state index in [2.05, 4.69) is 16.0 Å². The minimum Gasteiger partial charge on any atom is -0.286 e. The van der Waals surface area contributed by atoms with E-state index < -0.39 is 0 Å². The first kappa shape index (κ1) is 29.1. The maximum absolute atomic E-state index is 4.34. The summed E-state index contributed by atoms with van der Waals surface area (Å²) in [7, 11) is 0. The first-order valence-corrected chi connectivity index (χ1v) is 20.6. The average molecular weight is 590 g/mol. The summed E-state index contributed by atoms with van der Waals surface area (Å²) in [5.41, 5.74) is 0.765. The Kier molecular flexibility index (Phi) is 8.21. The van der Waals surface area contributed by atoms with Crippen LogP contribution in [-0.4, -0.2) is 18.5 Å². The van der Waals surface area contributed by atoms with Crippen LogP contribution in [0.5, 0.6) is 0 Å². The van der Waals surface area contributed by atoms with E-state index in [1.54, 1.807) is 89.9 Å². The van der Waals surface area contributed by atoms with Crippen molar-refractivity contribution in [3.8, 4) is 0 Å². The summed E-state index contributed by atoms with van der Waals surface area (Å²) in [4.78, 5) is 0. The lowest BCUT2D eigenvalue weighted by molar-refractivity contribution is -0.0434. The molecule has 1 aliphatic heterocycles. The van der Waals surface area contributed by atoms with Crippen molar-refractivity contribution in [2.75, 3.05) is 0 Å². The van der Waals surface area contributed by atoms with E-state index in [0.29, 0.717) is 18.5 Å². The maximum atomic E-state index is 4.34. The molecular formula is C40H67N3. The van der Waals surface area contributed by atoms with E-state index in [1.165, 1.54) is 70.6 Å². The predicted molar refractivity (Wildman–Crippen MR) is 177 cm³/mol. The summed E-state index contributed by atoms with van der Waals surface area (Å²) in [6, 6.07) is 0. The monoisotopic (exact) mass is 590 g/mol. The van der Waals surface area contributed by atoms with Crippen molar-refractivity contribution in [3.63, 3.8) is 0 Å². The lowest BCUT2D eigenvalue weighted by Crippen LogP contribution is -2.72. The zero-order valence-corrected chi connectivity index (χ0v) is 27.8. The van der Waals surface area contributed by atoms with Crippen molar-refractivity contribution in [2.24, 2.45) is 70.5 Å². The molecule has 0 radical (unpaired) electrons. The third-order valence-corrected chi connectivity index (χ3v) is 16.9. The topological polar surface area (TPSA) is 36.1 Å². The molecule has 11 unspecified atom stereocenters. The molecule has 43 heavy (non-hydrogen) atoms. The molecule has 242 valence electrons. The highest BCUT2D eigenvalue weighted by molar-refractivity contribution is 5.20. The van der Waals surface area contributed by atoms with E-state index >= 15 is 0 Å². The molecule has 1 spiro atoms. The molecule has 1 heterocycles. The van der Waals surface area contributed by atoms with Crippen LogP contribution >= 0.6 is 0 Å². The molecule has 3 heteroatoms. The number of hydrogen-bond donors (Lipinski definition) is 3. The number of hydrogen-bond acceptors (Lipinski definition) is 3. The third kappa shape index (κ3) is 4.79. The summed E-state index contributed by atoms with van der Waals surface area (Å²) >= 11 is 0. The third-order valence-electron chi connectivity index (χ3n) is 16.9. The van der Waals surface area contributed by atoms with Gasteiger partial charge >= 0.3 is 0 Å². The van der Waals surface area contributed by atoms with Gasteiger partial charge in [0.25, 0.3) is 0 Å². The Morgan fingerprint density at radius 2 is 0.674 bits per heavy atom. The second-order valence-electron chi connectivity index (χ2n) is 18.2. The van der Waals surface area contributed by atoms with Gasteiger partial charge in [0.15, 0.2) is 0 Å². The van der Waals surface area contributed by atoms with Crippen LogP contribution in [0.1, 0.15) is 161 Å². The van der Waals surface area contributed by atoms with E-state index in [0.717, 1.165) is 70.5 Å². The Hall–Kier alpha value is -0.120. The van der Waals surface area contributed by atoms with E-state index in [1.807, 2.05) is 0 Å². The van der Waals surface area contributed by atoms with Gasteiger partial charge in [0.2, 0.25) is 0 Å². The maximum Gasteiger partial charge on any atom is 0.0624 e. The van der Waals surface area contributed by atoms with E-state index in [-0.39, 0.29) is 0 Å². The first-order valence-electron chi connectivity index (χ1n) is 20.6. The quantitative estimate of drug-likeness (QED) is 0.307. The molecular weight excluding hydrogens is 522 g/mol. The molecule has 9 aliphatic rings. The van der Waals surface area contributed by atoms with Crippen LogP contribution in [0.2, 0.25) is 0 Å². The van der Waals surface area contributed by atoms with Gasteiger partial charge in [-0.25, -0.2) is 0 Å². The van der Waals surface area contributed by atoms with Gasteiger partial charge in [-0.2, -0.15) is 0 Å². The summed E-state index contributed by atoms with van der Waals surface area (Å²) in [5, 5.41) is 12.9. The minimum atomic E-state index is 0.549. The summed E-state index contributed by atoms with van der Waals surface area (Å²) < 4.78 is 0. The van der Waals surface area contributed by atoms with Gasteiger partial charge in [-0.05, 0) is 154 Å². The van der Waals surface area contributed by atoms with Crippen LogP contribution in [0.4, 0.5) is 0 Å². The van der Waals surface area contributed by atoms with Crippen LogP contribution in [0.25, 0.3) is 0 Å². The highest BCUT2D eigenvalue weighted by atomic mass is 15.4. The first-order chi connectivity index (χ1) is 21.3. The molecule has 9 rings (SSSR count). The number of rotatable bonds is 3. The summed E-state index contributed by atoms with van der Waals surface area (Å²) in [5.74, 6) is 11.4. The molecule has 8 aliphatic carbocycles. The van der Waals surface area contributed by atoms with Crippen LogP contribution in [0, 0.1) is 70.5 Å². The molecule has 3 N–H and O–H groups in total. The smallest absolute Gasteiger partial charge is 0.0624 e. The zero-order valence-electron chi connectivity index (χ0n) is 27.8. The summed E-state index contributed by atoms with van der Waals surface area (Å²) in [6.45, 7) is 0. The van der Waals surface area contributed by atoms with Gasteiger partial charge in [0, 0.05) is 0 Å². The molecule has 3 nitrogen and oxygen atoms in total. The van der Waals surface area contributed by atoms with Crippen molar-refractivity contribution < 1.29 is 0 Å². The van der Waals surface area contributed by atoms with Gasteiger partial charge in [0.05, 0.1) is 18.5 Å². The molecule has 9 fully saturated rings. The van der Waals surface area contributed by atoms with Gasteiger partial charge < -0.3 is 0 Å². The van der Waals surface area contributed by atoms with Gasteiger partial charge in [0.1, 0.15) is 0 Å². The van der Waals surface area contributed by atoms with Crippen LogP contribution in [-0.2, 0) is 0 Å². The SMILES string of the molecule is C1CCC(C2NC(C3CCCCC3)NC(C3CCC4C(C3)C3CCCCC3C43C4CCCCC4C4CCCCC43)N2)CC1. The van der Waals surface area contributed by atoms with Gasteiger partial charge in [-0.15, -0.1) is 0 Å². The second kappa shape index (κ2) is 12.2. The van der Waals surface area contributed by atoms with Crippen molar-refractivity contribution in [3.05, 3.63) is 0 Å². The molecule has 0 aromatic carbocycles. The van der Waals surface area contributed by atoms with Crippen LogP contribution < -0.4 is 16.0 Å². The number of nitrogens with one attached hydrogen (secondary N) is 3. The van der Waals surface area contributed by atoms with Crippen LogP contribution in [0.3, 0.4) is 0 Å². The molecule has 0 aromatic heterocycles. The Labute approximate surface area is 265 Å². The molecule has 11 atom stereocenters. The molecule has 1 saturated heterocycles. The lowest BCUT2D eigenvalue weighted by Gasteiger charge is -2.53. The van der Waals surface area contributed by atoms with E-state index in [4.69, 9.17) is 0 Å². The van der Waals surface area contributed by atoms with Gasteiger partial charge in [-0.1, -0.05) is 77.0 Å². The standard InChI is InChI=1S/C40H67N3/c1-3-13-26(14-4-1)37-41-38(27-15-5-2-6-16-27)43-39(42-37)28-23-24-36-32(25-28)31-19-9-12-22-35(31)40(36)33-20-10-7-17-29(33)30-18-8-11-21-34(30)40/h26-39,41-43H,1-25H2. The molecule has 8 saturated carbocycles. The molecule has 0 aromatic rings. The fraction of sp³-hybridized carbons (Fsp3) is 1.00. The second-order valence-corrected chi connectivity index (χ2v) is 18.2. The Morgan fingerprint density at radius 1 is 0.302 bits per heavy atom. The van der Waals surface area contributed by atoms with Crippen molar-refractivity contribution in [1.82, 2.24) is 16.0 Å². The summed E-state index contributed by atoms with van der Waals surface area (Å²) in [6.07, 6.45) is 39.9. The fourth-order valence-electron chi connectivity index (χ4n) is 15.6. The lowest BCUT2D eigenvalue weighted by atomic mass is 9.52. The van der Waals surface area contributed by atoms with E-state index in [9.17, 15) is 0 Å². The molecule has 0 amide bonds. The zero-order chi connectivity index (χ0) is 28.4. The Bertz CT molecular complexity index is 903. The normalized spacial score (nSPS) is 52.7. The predicted octanol–water partition coefficient (Wildman–Crippen LogP) is 9.37. The van der Waals surface area contributed by atoms with Crippen molar-refractivity contribution in [2.45, 2.75) is 179 Å². The minimum absolute atomic E-state index is 0.549. The highest BCUT2D eigenvalue weighted by Crippen LogP contribution is 2.77. The fourth-order valence-corrected chi connectivity index (χ4v) is 15.6. The van der Waals surface area contributed by atoms with Crippen molar-refractivity contribution in [1.29, 1.82) is 0 Å². The Morgan fingerprint density at radius 3 is 1.16 bits per heavy atom. The largest absolute Gasteiger partial charge is 0.286 e. The highest BCUT2D eigenvalue weighted by Gasteiger charge is 2.71. The molecule has 0 bridgehead atoms. The number of fused-ring (bicyclic) bond motifs is 10. The Balaban J connectivity index is 1.00.